The number of rotatable bonds is 5. The molecule has 1 aromatic rings. The van der Waals surface area contributed by atoms with Gasteiger partial charge < -0.3 is 10.1 Å². The van der Waals surface area contributed by atoms with Crippen molar-refractivity contribution < 1.29 is 4.74 Å². The third-order valence-corrected chi connectivity index (χ3v) is 3.24. The molecule has 2 rings (SSSR count). The number of methoxy groups -OCH3 is 1. The Bertz CT molecular complexity index is 365. The number of ether oxygens (including phenoxy) is 1. The molecule has 0 bridgehead atoms. The minimum absolute atomic E-state index is 0.795. The van der Waals surface area contributed by atoms with Crippen LogP contribution in [-0.2, 0) is 17.7 Å². The van der Waals surface area contributed by atoms with Crippen LogP contribution < -0.4 is 5.32 Å². The molecule has 17 heavy (non-hydrogen) atoms. The third-order valence-electron chi connectivity index (χ3n) is 3.24. The topological polar surface area (TPSA) is 24.5 Å². The highest BCUT2D eigenvalue weighted by atomic mass is 16.5. The van der Waals surface area contributed by atoms with Crippen LogP contribution in [0.25, 0.3) is 0 Å². The average molecular weight is 234 g/mol. The van der Waals surface area contributed by atoms with E-state index in [-0.39, 0.29) is 0 Å². The van der Waals surface area contributed by atoms with E-state index in [1.54, 1.807) is 7.11 Å². The summed E-state index contributed by atoms with van der Waals surface area (Å²) in [6.45, 7) is 3.88. The predicted molar refractivity (Wildman–Crippen MR) is 71.5 cm³/mol. The van der Waals surface area contributed by atoms with Crippen molar-refractivity contribution >= 4 is 5.69 Å². The normalized spacial score (nSPS) is 14.5. The van der Waals surface area contributed by atoms with E-state index in [1.165, 1.54) is 29.7 Å². The van der Waals surface area contributed by atoms with E-state index in [1.807, 2.05) is 0 Å². The first-order valence-electron chi connectivity index (χ1n) is 6.33. The summed E-state index contributed by atoms with van der Waals surface area (Å²) in [5, 5.41) is 3.44. The Kier molecular flexibility index (Phi) is 4.40. The second-order valence-corrected chi connectivity index (χ2v) is 4.75. The monoisotopic (exact) mass is 234 g/mol. The first kappa shape index (κ1) is 12.4. The fraction of sp³-hybridized carbons (Fsp3) is 0.571. The molecule has 0 radical (unpaired) electrons. The summed E-state index contributed by atoms with van der Waals surface area (Å²) in [5.74, 6) is 0. The van der Waals surface area contributed by atoms with Crippen LogP contribution in [0.1, 0.15) is 17.5 Å². The Hall–Kier alpha value is -1.06. The molecule has 3 nitrogen and oxygen atoms in total. The van der Waals surface area contributed by atoms with Gasteiger partial charge in [-0.1, -0.05) is 12.1 Å². The zero-order chi connectivity index (χ0) is 12.1. The first-order chi connectivity index (χ1) is 8.29. The molecule has 0 aromatic heterocycles. The fourth-order valence-electron chi connectivity index (χ4n) is 2.26. The summed E-state index contributed by atoms with van der Waals surface area (Å²) >= 11 is 0. The number of likely N-dealkylation sites (N-methyl/N-ethyl adjacent to an activating group) is 1. The van der Waals surface area contributed by atoms with Crippen molar-refractivity contribution in [3.8, 4) is 0 Å². The Balaban J connectivity index is 1.97. The molecule has 1 N–H and O–H groups in total. The molecule has 0 aliphatic carbocycles. The summed E-state index contributed by atoms with van der Waals surface area (Å²) in [6, 6.07) is 6.78. The number of nitrogens with zero attached hydrogens (tertiary/aromatic N) is 1. The van der Waals surface area contributed by atoms with Gasteiger partial charge in [0, 0.05) is 32.4 Å². The average Bonchev–Trinajstić information content (AvgIpc) is 2.36. The molecule has 1 heterocycles. The van der Waals surface area contributed by atoms with Gasteiger partial charge in [0.2, 0.25) is 0 Å². The number of fused-ring (bicyclic) bond motifs is 1. The van der Waals surface area contributed by atoms with Crippen LogP contribution in [0.4, 0.5) is 5.69 Å². The van der Waals surface area contributed by atoms with E-state index in [9.17, 15) is 0 Å². The lowest BCUT2D eigenvalue weighted by Gasteiger charge is -2.21. The molecule has 1 aliphatic rings. The van der Waals surface area contributed by atoms with Crippen LogP contribution in [0.3, 0.4) is 0 Å². The van der Waals surface area contributed by atoms with Gasteiger partial charge in [-0.2, -0.15) is 0 Å². The molecule has 0 fully saturated rings. The summed E-state index contributed by atoms with van der Waals surface area (Å²) in [5.41, 5.74) is 4.18. The van der Waals surface area contributed by atoms with Crippen LogP contribution in [0, 0.1) is 0 Å². The molecular formula is C14H22N2O. The summed E-state index contributed by atoms with van der Waals surface area (Å²) in [7, 11) is 3.88. The van der Waals surface area contributed by atoms with Crippen LogP contribution in [0.5, 0.6) is 0 Å². The molecule has 0 spiro atoms. The Labute approximate surface area is 104 Å². The molecule has 0 atom stereocenters. The number of anilines is 1. The van der Waals surface area contributed by atoms with Gasteiger partial charge in [0.15, 0.2) is 0 Å². The fourth-order valence-corrected chi connectivity index (χ4v) is 2.26. The summed E-state index contributed by atoms with van der Waals surface area (Å²) < 4.78 is 5.09. The van der Waals surface area contributed by atoms with Crippen LogP contribution in [0.15, 0.2) is 18.2 Å². The van der Waals surface area contributed by atoms with Crippen LogP contribution >= 0.6 is 0 Å². The number of nitrogens with one attached hydrogen (secondary N) is 1. The van der Waals surface area contributed by atoms with Crippen LogP contribution in [0.2, 0.25) is 0 Å². The van der Waals surface area contributed by atoms with Gasteiger partial charge in [-0.05, 0) is 37.1 Å². The second-order valence-electron chi connectivity index (χ2n) is 4.75. The van der Waals surface area contributed by atoms with E-state index >= 15 is 0 Å². The van der Waals surface area contributed by atoms with Gasteiger partial charge in [-0.25, -0.2) is 0 Å². The Morgan fingerprint density at radius 2 is 2.29 bits per heavy atom. The molecule has 1 aromatic carbocycles. The maximum Gasteiger partial charge on any atom is 0.0589 e. The van der Waals surface area contributed by atoms with Gasteiger partial charge in [0.25, 0.3) is 0 Å². The van der Waals surface area contributed by atoms with Crippen molar-refractivity contribution in [1.82, 2.24) is 4.90 Å². The van der Waals surface area contributed by atoms with Gasteiger partial charge in [0.1, 0.15) is 0 Å². The Morgan fingerprint density at radius 3 is 3.12 bits per heavy atom. The first-order valence-corrected chi connectivity index (χ1v) is 6.33. The molecular weight excluding hydrogens is 212 g/mol. The van der Waals surface area contributed by atoms with Crippen molar-refractivity contribution in [3.05, 3.63) is 29.3 Å². The van der Waals surface area contributed by atoms with E-state index in [4.69, 9.17) is 4.74 Å². The molecule has 0 amide bonds. The van der Waals surface area contributed by atoms with E-state index in [2.05, 4.69) is 35.5 Å². The zero-order valence-electron chi connectivity index (χ0n) is 10.8. The number of aryl methyl sites for hydroxylation is 1. The van der Waals surface area contributed by atoms with Gasteiger partial charge in [-0.15, -0.1) is 0 Å². The predicted octanol–water partition coefficient (Wildman–Crippen LogP) is 2.12. The minimum Gasteiger partial charge on any atom is -0.385 e. The third kappa shape index (κ3) is 3.45. The standard InChI is InChI=1S/C14H22N2O/c1-16(8-9-17-2)11-12-5-6-14-13(10-12)4-3-7-15-14/h5-6,10,15H,3-4,7-9,11H2,1-2H3. The summed E-state index contributed by atoms with van der Waals surface area (Å²) in [4.78, 5) is 2.29. The molecule has 1 aliphatic heterocycles. The maximum atomic E-state index is 5.09. The quantitative estimate of drug-likeness (QED) is 0.844. The molecule has 0 saturated carbocycles. The molecule has 3 heteroatoms. The Morgan fingerprint density at radius 1 is 1.41 bits per heavy atom. The lowest BCUT2D eigenvalue weighted by molar-refractivity contribution is 0.158. The highest BCUT2D eigenvalue weighted by Gasteiger charge is 2.09. The second kappa shape index (κ2) is 6.03. The van der Waals surface area contributed by atoms with Crippen molar-refractivity contribution in [2.24, 2.45) is 0 Å². The molecule has 94 valence electrons. The van der Waals surface area contributed by atoms with E-state index in [0.29, 0.717) is 0 Å². The van der Waals surface area contributed by atoms with E-state index < -0.39 is 0 Å². The number of hydrogen-bond donors (Lipinski definition) is 1. The highest BCUT2D eigenvalue weighted by Crippen LogP contribution is 2.23. The van der Waals surface area contributed by atoms with Crippen LogP contribution in [-0.4, -0.2) is 38.8 Å². The van der Waals surface area contributed by atoms with Crippen molar-refractivity contribution in [3.63, 3.8) is 0 Å². The van der Waals surface area contributed by atoms with Crippen molar-refractivity contribution in [1.29, 1.82) is 0 Å². The lowest BCUT2D eigenvalue weighted by atomic mass is 10.0. The SMILES string of the molecule is COCCN(C)Cc1ccc2c(c1)CCCN2. The number of hydrogen-bond acceptors (Lipinski definition) is 3. The van der Waals surface area contributed by atoms with Crippen molar-refractivity contribution in [2.45, 2.75) is 19.4 Å². The minimum atomic E-state index is 0.795. The van der Waals surface area contributed by atoms with Crippen molar-refractivity contribution in [2.75, 3.05) is 39.2 Å². The summed E-state index contributed by atoms with van der Waals surface area (Å²) in [6.07, 6.45) is 2.45. The van der Waals surface area contributed by atoms with Gasteiger partial charge in [0.05, 0.1) is 6.61 Å². The van der Waals surface area contributed by atoms with E-state index in [0.717, 1.165) is 26.2 Å². The smallest absolute Gasteiger partial charge is 0.0589 e. The zero-order valence-corrected chi connectivity index (χ0v) is 10.8. The maximum absolute atomic E-state index is 5.09. The number of benzene rings is 1. The largest absolute Gasteiger partial charge is 0.385 e. The van der Waals surface area contributed by atoms with Gasteiger partial charge in [-0.3, -0.25) is 4.90 Å². The molecule has 0 unspecified atom stereocenters. The van der Waals surface area contributed by atoms with Gasteiger partial charge >= 0.3 is 0 Å². The molecule has 0 saturated heterocycles. The lowest BCUT2D eigenvalue weighted by Crippen LogP contribution is -2.22. The highest BCUT2D eigenvalue weighted by molar-refractivity contribution is 5.54.